The van der Waals surface area contributed by atoms with Crippen LogP contribution in [0.4, 0.5) is 0 Å². The van der Waals surface area contributed by atoms with Crippen LogP contribution in [0.3, 0.4) is 0 Å². The average molecular weight is 270 g/mol. The normalized spacial score (nSPS) is 19.4. The lowest BCUT2D eigenvalue weighted by Gasteiger charge is -2.23. The van der Waals surface area contributed by atoms with Crippen LogP contribution in [0.5, 0.6) is 0 Å². The molecule has 1 saturated heterocycles. The highest BCUT2D eigenvalue weighted by molar-refractivity contribution is 4.69. The van der Waals surface area contributed by atoms with Crippen LogP contribution in [0.2, 0.25) is 0 Å². The van der Waals surface area contributed by atoms with Gasteiger partial charge in [0.25, 0.3) is 0 Å². The Morgan fingerprint density at radius 3 is 2.63 bits per heavy atom. The molecule has 1 N–H and O–H groups in total. The fourth-order valence-electron chi connectivity index (χ4n) is 2.70. The van der Waals surface area contributed by atoms with Crippen LogP contribution < -0.4 is 5.32 Å². The molecule has 0 aromatic carbocycles. The molecule has 0 aromatic heterocycles. The largest absolute Gasteiger partial charge is 0.377 e. The van der Waals surface area contributed by atoms with E-state index < -0.39 is 0 Å². The van der Waals surface area contributed by atoms with Crippen molar-refractivity contribution in [2.24, 2.45) is 0 Å². The van der Waals surface area contributed by atoms with Crippen molar-refractivity contribution in [1.82, 2.24) is 10.2 Å². The molecule has 0 aromatic rings. The summed E-state index contributed by atoms with van der Waals surface area (Å²) >= 11 is 0. The van der Waals surface area contributed by atoms with E-state index in [2.05, 4.69) is 24.1 Å². The fourth-order valence-corrected chi connectivity index (χ4v) is 2.70. The highest BCUT2D eigenvalue weighted by Gasteiger charge is 2.17. The Labute approximate surface area is 120 Å². The van der Waals surface area contributed by atoms with Crippen molar-refractivity contribution in [3.05, 3.63) is 0 Å². The monoisotopic (exact) mass is 270 g/mol. The molecule has 0 saturated carbocycles. The number of hydrogen-bond donors (Lipinski definition) is 1. The number of likely N-dealkylation sites (N-methyl/N-ethyl adjacent to an activating group) is 1. The highest BCUT2D eigenvalue weighted by Crippen LogP contribution is 2.13. The van der Waals surface area contributed by atoms with E-state index in [1.165, 1.54) is 64.6 Å². The van der Waals surface area contributed by atoms with E-state index in [9.17, 15) is 0 Å². The second kappa shape index (κ2) is 11.7. The first kappa shape index (κ1) is 16.9. The zero-order valence-electron chi connectivity index (χ0n) is 13.1. The van der Waals surface area contributed by atoms with Crippen molar-refractivity contribution < 1.29 is 4.74 Å². The minimum absolute atomic E-state index is 0.512. The van der Waals surface area contributed by atoms with Gasteiger partial charge in [-0.3, -0.25) is 0 Å². The molecule has 1 rings (SSSR count). The number of ether oxygens (including phenoxy) is 1. The Balaban J connectivity index is 1.91. The first-order chi connectivity index (χ1) is 9.36. The molecule has 0 bridgehead atoms. The maximum absolute atomic E-state index is 5.72. The van der Waals surface area contributed by atoms with Gasteiger partial charge in [-0.25, -0.2) is 0 Å². The number of unbranched alkanes of at least 4 members (excludes halogenated alkanes) is 3. The lowest BCUT2D eigenvalue weighted by atomic mass is 10.1. The van der Waals surface area contributed by atoms with Gasteiger partial charge in [0.1, 0.15) is 0 Å². The minimum Gasteiger partial charge on any atom is -0.377 e. The molecule has 114 valence electrons. The van der Waals surface area contributed by atoms with Gasteiger partial charge in [0, 0.05) is 13.2 Å². The molecule has 1 aliphatic rings. The van der Waals surface area contributed by atoms with Gasteiger partial charge in [-0.05, 0) is 58.3 Å². The lowest BCUT2D eigenvalue weighted by Crippen LogP contribution is -2.32. The Hall–Kier alpha value is -0.120. The molecule has 0 amide bonds. The third-order valence-corrected chi connectivity index (χ3v) is 3.94. The molecule has 1 aliphatic heterocycles. The van der Waals surface area contributed by atoms with Crippen LogP contribution in [0, 0.1) is 0 Å². The van der Waals surface area contributed by atoms with Crippen molar-refractivity contribution in [3.8, 4) is 0 Å². The van der Waals surface area contributed by atoms with Gasteiger partial charge in [0.05, 0.1) is 6.10 Å². The molecule has 1 unspecified atom stereocenters. The van der Waals surface area contributed by atoms with Crippen molar-refractivity contribution in [3.63, 3.8) is 0 Å². The van der Waals surface area contributed by atoms with Crippen molar-refractivity contribution in [1.29, 1.82) is 0 Å². The summed E-state index contributed by atoms with van der Waals surface area (Å²) in [6, 6.07) is 0. The molecule has 0 radical (unpaired) electrons. The number of nitrogens with zero attached hydrogens (tertiary/aromatic N) is 1. The van der Waals surface area contributed by atoms with Gasteiger partial charge in [-0.15, -0.1) is 0 Å². The molecule has 0 spiro atoms. The Kier molecular flexibility index (Phi) is 10.4. The SMILES string of the molecule is CCCNCCCCCCN(CC)CC1CCCO1. The van der Waals surface area contributed by atoms with Crippen LogP contribution in [0.25, 0.3) is 0 Å². The van der Waals surface area contributed by atoms with Gasteiger partial charge in [-0.2, -0.15) is 0 Å². The van der Waals surface area contributed by atoms with Crippen molar-refractivity contribution >= 4 is 0 Å². The zero-order chi connectivity index (χ0) is 13.8. The van der Waals surface area contributed by atoms with Crippen molar-refractivity contribution in [2.45, 2.75) is 64.9 Å². The fraction of sp³-hybridized carbons (Fsp3) is 1.00. The maximum Gasteiger partial charge on any atom is 0.0702 e. The zero-order valence-corrected chi connectivity index (χ0v) is 13.1. The molecule has 3 nitrogen and oxygen atoms in total. The summed E-state index contributed by atoms with van der Waals surface area (Å²) in [5.74, 6) is 0. The molecular weight excluding hydrogens is 236 g/mol. The summed E-state index contributed by atoms with van der Waals surface area (Å²) < 4.78 is 5.72. The Morgan fingerprint density at radius 1 is 1.11 bits per heavy atom. The smallest absolute Gasteiger partial charge is 0.0702 e. The number of rotatable bonds is 12. The van der Waals surface area contributed by atoms with E-state index in [1.54, 1.807) is 0 Å². The number of nitrogens with one attached hydrogen (secondary N) is 1. The van der Waals surface area contributed by atoms with Crippen molar-refractivity contribution in [2.75, 3.05) is 39.3 Å². The molecule has 1 fully saturated rings. The minimum atomic E-state index is 0.512. The Morgan fingerprint density at radius 2 is 1.95 bits per heavy atom. The first-order valence-corrected chi connectivity index (χ1v) is 8.41. The molecule has 19 heavy (non-hydrogen) atoms. The quantitative estimate of drug-likeness (QED) is 0.552. The molecule has 1 heterocycles. The van der Waals surface area contributed by atoms with Crippen LogP contribution >= 0.6 is 0 Å². The van der Waals surface area contributed by atoms with E-state index in [-0.39, 0.29) is 0 Å². The summed E-state index contributed by atoms with van der Waals surface area (Å²) in [4.78, 5) is 2.56. The standard InChI is InChI=1S/C16H34N2O/c1-3-11-17-12-7-5-6-8-13-18(4-2)15-16-10-9-14-19-16/h16-17H,3-15H2,1-2H3. The predicted molar refractivity (Wildman–Crippen MR) is 82.7 cm³/mol. The van der Waals surface area contributed by atoms with E-state index in [4.69, 9.17) is 4.74 Å². The number of hydrogen-bond acceptors (Lipinski definition) is 3. The van der Waals surface area contributed by atoms with Crippen LogP contribution in [-0.4, -0.2) is 50.3 Å². The van der Waals surface area contributed by atoms with E-state index >= 15 is 0 Å². The summed E-state index contributed by atoms with van der Waals surface area (Å²) in [7, 11) is 0. The summed E-state index contributed by atoms with van der Waals surface area (Å²) in [5.41, 5.74) is 0. The van der Waals surface area contributed by atoms with Gasteiger partial charge in [0.2, 0.25) is 0 Å². The van der Waals surface area contributed by atoms with Crippen LogP contribution in [0.1, 0.15) is 58.8 Å². The summed E-state index contributed by atoms with van der Waals surface area (Å²) in [6.07, 6.45) is 9.69. The predicted octanol–water partition coefficient (Wildman–Crippen LogP) is 3.05. The maximum atomic E-state index is 5.72. The van der Waals surface area contributed by atoms with E-state index in [0.717, 1.165) is 19.7 Å². The van der Waals surface area contributed by atoms with E-state index in [1.807, 2.05) is 0 Å². The lowest BCUT2D eigenvalue weighted by molar-refractivity contribution is 0.0742. The molecular formula is C16H34N2O. The highest BCUT2D eigenvalue weighted by atomic mass is 16.5. The molecule has 3 heteroatoms. The second-order valence-corrected chi connectivity index (χ2v) is 5.69. The summed E-state index contributed by atoms with van der Waals surface area (Å²) in [6.45, 7) is 11.4. The average Bonchev–Trinajstić information content (AvgIpc) is 2.93. The first-order valence-electron chi connectivity index (χ1n) is 8.41. The molecule has 0 aliphatic carbocycles. The second-order valence-electron chi connectivity index (χ2n) is 5.69. The van der Waals surface area contributed by atoms with Gasteiger partial charge < -0.3 is 15.0 Å². The van der Waals surface area contributed by atoms with Gasteiger partial charge in [0.15, 0.2) is 0 Å². The van der Waals surface area contributed by atoms with Gasteiger partial charge in [-0.1, -0.05) is 26.7 Å². The van der Waals surface area contributed by atoms with E-state index in [0.29, 0.717) is 6.10 Å². The molecule has 1 atom stereocenters. The summed E-state index contributed by atoms with van der Waals surface area (Å²) in [5, 5.41) is 3.47. The van der Waals surface area contributed by atoms with Crippen LogP contribution in [-0.2, 0) is 4.74 Å². The Bertz CT molecular complexity index is 193. The third-order valence-electron chi connectivity index (χ3n) is 3.94. The third kappa shape index (κ3) is 8.61. The van der Waals surface area contributed by atoms with Crippen LogP contribution in [0.15, 0.2) is 0 Å². The van der Waals surface area contributed by atoms with Gasteiger partial charge >= 0.3 is 0 Å². The topological polar surface area (TPSA) is 24.5 Å².